The zero-order chi connectivity index (χ0) is 6.15. The Labute approximate surface area is 56.4 Å². The highest BCUT2D eigenvalue weighted by Gasteiger charge is 2.02. The van der Waals surface area contributed by atoms with Crippen LogP contribution in [0, 0.1) is 6.92 Å². The zero-order valence-electron chi connectivity index (χ0n) is 3.82. The van der Waals surface area contributed by atoms with E-state index in [0.29, 0.717) is 5.69 Å². The van der Waals surface area contributed by atoms with Gasteiger partial charge in [0.1, 0.15) is 5.69 Å². The van der Waals surface area contributed by atoms with Crippen LogP contribution in [0.15, 0.2) is 4.42 Å². The van der Waals surface area contributed by atoms with E-state index in [1.807, 2.05) is 0 Å². The van der Waals surface area contributed by atoms with Crippen molar-refractivity contribution in [1.82, 2.24) is 4.98 Å². The molecule has 43 valence electrons. The summed E-state index contributed by atoms with van der Waals surface area (Å²) in [7, 11) is 0. The Kier molecular flexibility index (Phi) is 1.45. The van der Waals surface area contributed by atoms with Gasteiger partial charge in [-0.15, -0.1) is 0 Å². The highest BCUT2D eigenvalue weighted by atomic mass is 35.5. The minimum Gasteiger partial charge on any atom is -0.415 e. The van der Waals surface area contributed by atoms with E-state index in [2.05, 4.69) is 16.3 Å². The van der Waals surface area contributed by atoms with Gasteiger partial charge in [-0.25, -0.2) is 4.98 Å². The van der Waals surface area contributed by atoms with E-state index in [1.165, 1.54) is 0 Å². The van der Waals surface area contributed by atoms with Gasteiger partial charge in [0.25, 0.3) is 5.35 Å². The Morgan fingerprint density at radius 2 is 2.12 bits per heavy atom. The normalized spacial score (nSPS) is 9.88. The fraction of sp³-hybridized carbons (Fsp3) is 0. The molecular weight excluding hydrogens is 149 g/mol. The molecule has 0 atom stereocenters. The summed E-state index contributed by atoms with van der Waals surface area (Å²) in [5.41, 5.74) is 0.372. The molecule has 1 heterocycles. The van der Waals surface area contributed by atoms with Crippen LogP contribution in [0.2, 0.25) is 10.6 Å². The quantitative estimate of drug-likeness (QED) is 0.567. The lowest BCUT2D eigenvalue weighted by molar-refractivity contribution is 0.561. The summed E-state index contributed by atoms with van der Waals surface area (Å²) in [5, 5.41) is 0.176. The van der Waals surface area contributed by atoms with Crippen molar-refractivity contribution in [3.8, 4) is 0 Å². The fourth-order valence-electron chi connectivity index (χ4n) is 0.306. The van der Waals surface area contributed by atoms with Crippen LogP contribution in [-0.4, -0.2) is 4.98 Å². The summed E-state index contributed by atoms with van der Waals surface area (Å²) in [5.74, 6) is 0. The van der Waals surface area contributed by atoms with Gasteiger partial charge < -0.3 is 4.42 Å². The van der Waals surface area contributed by atoms with Crippen LogP contribution < -0.4 is 0 Å². The Morgan fingerprint density at radius 3 is 2.25 bits per heavy atom. The van der Waals surface area contributed by atoms with Gasteiger partial charge in [-0.3, -0.25) is 0 Å². The predicted octanol–water partition coefficient (Wildman–Crippen LogP) is 2.16. The molecule has 4 heteroatoms. The Balaban J connectivity index is 3.14. The highest BCUT2D eigenvalue weighted by Crippen LogP contribution is 2.18. The van der Waals surface area contributed by atoms with Crippen molar-refractivity contribution in [2.24, 2.45) is 0 Å². The average Bonchev–Trinajstić information content (AvgIpc) is 1.85. The van der Waals surface area contributed by atoms with Crippen LogP contribution in [0.1, 0.15) is 5.69 Å². The molecule has 0 fully saturated rings. The smallest absolute Gasteiger partial charge is 0.293 e. The molecule has 0 aliphatic rings. The number of hydrogen-bond acceptors (Lipinski definition) is 2. The standard InChI is InChI=1S/C4H2Cl2NO/c1-2-3(5)8-4(6)7-2/h1H2. The number of aromatic nitrogens is 1. The average molecular weight is 151 g/mol. The molecule has 0 N–H and O–H groups in total. The second-order valence-corrected chi connectivity index (χ2v) is 1.85. The van der Waals surface area contributed by atoms with Gasteiger partial charge >= 0.3 is 0 Å². The van der Waals surface area contributed by atoms with Crippen molar-refractivity contribution in [2.45, 2.75) is 0 Å². The molecule has 0 saturated carbocycles. The van der Waals surface area contributed by atoms with E-state index in [0.717, 1.165) is 0 Å². The molecule has 1 aromatic rings. The SMILES string of the molecule is [CH2]c1nc(Cl)oc1Cl. The first-order valence-electron chi connectivity index (χ1n) is 1.84. The second kappa shape index (κ2) is 1.96. The molecule has 1 aromatic heterocycles. The first kappa shape index (κ1) is 5.92. The van der Waals surface area contributed by atoms with Crippen LogP contribution in [0.3, 0.4) is 0 Å². The topological polar surface area (TPSA) is 26.0 Å². The van der Waals surface area contributed by atoms with Crippen molar-refractivity contribution in [3.05, 3.63) is 23.2 Å². The lowest BCUT2D eigenvalue weighted by Gasteiger charge is -1.72. The van der Waals surface area contributed by atoms with Gasteiger partial charge in [0.15, 0.2) is 0 Å². The van der Waals surface area contributed by atoms with Crippen LogP contribution in [0.4, 0.5) is 0 Å². The van der Waals surface area contributed by atoms with Crippen molar-refractivity contribution in [1.29, 1.82) is 0 Å². The largest absolute Gasteiger partial charge is 0.415 e. The summed E-state index contributed by atoms with van der Waals surface area (Å²) in [6, 6.07) is 0. The molecule has 0 aromatic carbocycles. The molecule has 0 aliphatic heterocycles. The summed E-state index contributed by atoms with van der Waals surface area (Å²) in [6.45, 7) is 3.42. The van der Waals surface area contributed by atoms with E-state index in [1.54, 1.807) is 0 Å². The van der Waals surface area contributed by atoms with Crippen molar-refractivity contribution >= 4 is 23.2 Å². The molecule has 0 saturated heterocycles. The first-order valence-corrected chi connectivity index (χ1v) is 2.59. The Hall–Kier alpha value is -0.210. The van der Waals surface area contributed by atoms with Gasteiger partial charge in [0, 0.05) is 6.92 Å². The minimum absolute atomic E-state index is 0.0278. The van der Waals surface area contributed by atoms with Crippen LogP contribution in [-0.2, 0) is 0 Å². The van der Waals surface area contributed by atoms with Crippen LogP contribution in [0.5, 0.6) is 0 Å². The number of halogens is 2. The number of rotatable bonds is 0. The number of oxazole rings is 1. The van der Waals surface area contributed by atoms with E-state index in [-0.39, 0.29) is 10.6 Å². The third-order valence-corrected chi connectivity index (χ3v) is 1.08. The summed E-state index contributed by atoms with van der Waals surface area (Å²) in [4.78, 5) is 3.57. The Morgan fingerprint density at radius 1 is 1.50 bits per heavy atom. The van der Waals surface area contributed by atoms with Gasteiger partial charge in [0.05, 0.1) is 0 Å². The minimum atomic E-state index is 0.0278. The maximum atomic E-state index is 5.35. The van der Waals surface area contributed by atoms with Crippen molar-refractivity contribution in [3.63, 3.8) is 0 Å². The van der Waals surface area contributed by atoms with E-state index < -0.39 is 0 Å². The van der Waals surface area contributed by atoms with E-state index >= 15 is 0 Å². The molecule has 0 bridgehead atoms. The molecule has 0 spiro atoms. The molecule has 0 unspecified atom stereocenters. The highest BCUT2D eigenvalue weighted by molar-refractivity contribution is 6.31. The maximum Gasteiger partial charge on any atom is 0.293 e. The van der Waals surface area contributed by atoms with Gasteiger partial charge in [-0.1, -0.05) is 0 Å². The third-order valence-electron chi connectivity index (χ3n) is 0.624. The Bertz CT molecular complexity index is 176. The van der Waals surface area contributed by atoms with Gasteiger partial charge in [-0.05, 0) is 23.2 Å². The molecule has 2 nitrogen and oxygen atoms in total. The number of nitrogens with zero attached hydrogens (tertiary/aromatic N) is 1. The first-order chi connectivity index (χ1) is 3.70. The van der Waals surface area contributed by atoms with Crippen molar-refractivity contribution in [2.75, 3.05) is 0 Å². The maximum absolute atomic E-state index is 5.35. The zero-order valence-corrected chi connectivity index (χ0v) is 5.33. The van der Waals surface area contributed by atoms with Crippen LogP contribution in [0.25, 0.3) is 0 Å². The van der Waals surface area contributed by atoms with Crippen LogP contribution >= 0.6 is 23.2 Å². The predicted molar refractivity (Wildman–Crippen MR) is 31.0 cm³/mol. The lowest BCUT2D eigenvalue weighted by Crippen LogP contribution is -1.65. The second-order valence-electron chi connectivity index (χ2n) is 1.19. The number of hydrogen-bond donors (Lipinski definition) is 0. The fourth-order valence-corrected chi connectivity index (χ4v) is 0.640. The molecular formula is C4H2Cl2NO. The summed E-state index contributed by atoms with van der Waals surface area (Å²) < 4.78 is 4.57. The van der Waals surface area contributed by atoms with Crippen molar-refractivity contribution < 1.29 is 4.42 Å². The molecule has 0 amide bonds. The monoisotopic (exact) mass is 150 g/mol. The molecule has 8 heavy (non-hydrogen) atoms. The molecule has 1 rings (SSSR count). The molecule has 0 aliphatic carbocycles. The molecule has 1 radical (unpaired) electrons. The summed E-state index contributed by atoms with van der Waals surface area (Å²) in [6.07, 6.45) is 0. The van der Waals surface area contributed by atoms with Gasteiger partial charge in [0.2, 0.25) is 5.22 Å². The van der Waals surface area contributed by atoms with E-state index in [9.17, 15) is 0 Å². The third kappa shape index (κ3) is 0.956. The van der Waals surface area contributed by atoms with E-state index in [4.69, 9.17) is 23.2 Å². The summed E-state index contributed by atoms with van der Waals surface area (Å²) >= 11 is 10.6. The van der Waals surface area contributed by atoms with Gasteiger partial charge in [-0.2, -0.15) is 0 Å². The lowest BCUT2D eigenvalue weighted by atomic mass is 10.6.